The Morgan fingerprint density at radius 3 is 3.33 bits per heavy atom. The van der Waals surface area contributed by atoms with Crippen LogP contribution in [-0.4, -0.2) is 20.2 Å². The van der Waals surface area contributed by atoms with Gasteiger partial charge in [0.15, 0.2) is 5.65 Å². The van der Waals surface area contributed by atoms with Crippen LogP contribution in [-0.2, 0) is 0 Å². The molecule has 0 saturated heterocycles. The lowest BCUT2D eigenvalue weighted by molar-refractivity contribution is 1.02. The molecule has 4 nitrogen and oxygen atoms in total. The van der Waals surface area contributed by atoms with Crippen molar-refractivity contribution >= 4 is 11.2 Å². The van der Waals surface area contributed by atoms with E-state index in [1.165, 1.54) is 6.33 Å². The summed E-state index contributed by atoms with van der Waals surface area (Å²) < 4.78 is 0. The van der Waals surface area contributed by atoms with Crippen LogP contribution in [0.15, 0.2) is 18.6 Å². The van der Waals surface area contributed by atoms with Crippen LogP contribution in [0.2, 0.25) is 0 Å². The summed E-state index contributed by atoms with van der Waals surface area (Å²) in [6.07, 6.45) is 3.20. The number of aromatic nitrogens is 4. The Kier molecular flexibility index (Phi) is 0.745. The van der Waals surface area contributed by atoms with Crippen molar-refractivity contribution in [2.45, 2.75) is 0 Å². The Hall–Kier alpha value is -1.45. The largest absolute Gasteiger partial charge is 0.345 e. The number of H-pyrrole nitrogens is 1. The Bertz CT molecular complexity index is 283. The fourth-order valence-electron chi connectivity index (χ4n) is 0.708. The van der Waals surface area contributed by atoms with E-state index in [1.54, 1.807) is 6.20 Å². The second kappa shape index (κ2) is 1.51. The van der Waals surface area contributed by atoms with Crippen molar-refractivity contribution in [3.63, 3.8) is 0 Å². The first-order valence-corrected chi connectivity index (χ1v) is 2.57. The third kappa shape index (κ3) is 0.561. The monoisotopic (exact) mass is 120 g/mol. The Labute approximate surface area is 50.9 Å². The minimum absolute atomic E-state index is 0.782. The van der Waals surface area contributed by atoms with Gasteiger partial charge in [-0.25, -0.2) is 4.98 Å². The molecule has 0 aliphatic carbocycles. The van der Waals surface area contributed by atoms with Gasteiger partial charge in [-0.15, -0.1) is 10.2 Å². The highest BCUT2D eigenvalue weighted by Crippen LogP contribution is 2.00. The van der Waals surface area contributed by atoms with E-state index in [0.717, 1.165) is 11.2 Å². The first-order valence-electron chi connectivity index (χ1n) is 2.57. The van der Waals surface area contributed by atoms with Crippen LogP contribution in [0, 0.1) is 0 Å². The lowest BCUT2D eigenvalue weighted by Gasteiger charge is -1.80. The van der Waals surface area contributed by atoms with Crippen molar-refractivity contribution in [1.29, 1.82) is 0 Å². The van der Waals surface area contributed by atoms with Gasteiger partial charge in [0, 0.05) is 6.20 Å². The summed E-state index contributed by atoms with van der Waals surface area (Å²) in [7, 11) is 0. The summed E-state index contributed by atoms with van der Waals surface area (Å²) in [5.74, 6) is 0. The fourth-order valence-corrected chi connectivity index (χ4v) is 0.708. The maximum Gasteiger partial charge on any atom is 0.159 e. The average molecular weight is 120 g/mol. The van der Waals surface area contributed by atoms with E-state index in [4.69, 9.17) is 0 Å². The molecule has 2 aromatic rings. The van der Waals surface area contributed by atoms with E-state index in [2.05, 4.69) is 20.2 Å². The summed E-state index contributed by atoms with van der Waals surface area (Å²) in [6, 6.07) is 1.83. The van der Waals surface area contributed by atoms with Crippen LogP contribution >= 0.6 is 0 Å². The highest BCUT2D eigenvalue weighted by molar-refractivity contribution is 5.68. The lowest BCUT2D eigenvalue weighted by atomic mass is 10.6. The van der Waals surface area contributed by atoms with Crippen LogP contribution in [0.3, 0.4) is 0 Å². The minimum atomic E-state index is 0.782. The predicted octanol–water partition coefficient (Wildman–Crippen LogP) is 0.353. The number of hydrogen-bond donors (Lipinski definition) is 1. The van der Waals surface area contributed by atoms with E-state index >= 15 is 0 Å². The molecule has 4 heteroatoms. The molecule has 9 heavy (non-hydrogen) atoms. The zero-order valence-electron chi connectivity index (χ0n) is 4.57. The molecule has 0 aliphatic heterocycles. The first-order chi connectivity index (χ1) is 4.47. The molecular formula is C5H4N4. The van der Waals surface area contributed by atoms with Crippen molar-refractivity contribution in [1.82, 2.24) is 20.2 Å². The summed E-state index contributed by atoms with van der Waals surface area (Å²) in [6.45, 7) is 0. The maximum atomic E-state index is 3.91. The van der Waals surface area contributed by atoms with Crippen molar-refractivity contribution < 1.29 is 0 Å². The van der Waals surface area contributed by atoms with E-state index in [9.17, 15) is 0 Å². The van der Waals surface area contributed by atoms with Gasteiger partial charge in [0.25, 0.3) is 0 Å². The molecule has 0 bridgehead atoms. The van der Waals surface area contributed by atoms with Crippen LogP contribution in [0.1, 0.15) is 0 Å². The van der Waals surface area contributed by atoms with E-state index in [0.29, 0.717) is 0 Å². The molecule has 0 fully saturated rings. The number of aromatic amines is 1. The molecule has 0 atom stereocenters. The predicted molar refractivity (Wildman–Crippen MR) is 31.7 cm³/mol. The number of rotatable bonds is 0. The molecule has 0 aliphatic rings. The van der Waals surface area contributed by atoms with Gasteiger partial charge in [0.2, 0.25) is 0 Å². The molecular weight excluding hydrogens is 116 g/mol. The number of fused-ring (bicyclic) bond motifs is 1. The van der Waals surface area contributed by atoms with Crippen LogP contribution < -0.4 is 0 Å². The van der Waals surface area contributed by atoms with Crippen molar-refractivity contribution in [2.75, 3.05) is 0 Å². The Morgan fingerprint density at radius 1 is 1.44 bits per heavy atom. The average Bonchev–Trinajstić information content (AvgIpc) is 2.33. The number of nitrogens with zero attached hydrogens (tertiary/aromatic N) is 3. The first kappa shape index (κ1) is 4.43. The minimum Gasteiger partial charge on any atom is -0.345 e. The molecule has 2 heterocycles. The third-order valence-electron chi connectivity index (χ3n) is 1.11. The van der Waals surface area contributed by atoms with Gasteiger partial charge >= 0.3 is 0 Å². The molecule has 0 radical (unpaired) electrons. The maximum absolute atomic E-state index is 3.91. The molecule has 1 N–H and O–H groups in total. The highest BCUT2D eigenvalue weighted by atomic mass is 15.1. The Morgan fingerprint density at radius 2 is 2.44 bits per heavy atom. The second-order valence-electron chi connectivity index (χ2n) is 1.67. The van der Waals surface area contributed by atoms with E-state index in [-0.39, 0.29) is 0 Å². The SMILES string of the molecule is c1nnc2cc[nH]c2n1. The normalized spacial score (nSPS) is 10.2. The second-order valence-corrected chi connectivity index (χ2v) is 1.67. The summed E-state index contributed by atoms with van der Waals surface area (Å²) in [5, 5.41) is 7.40. The standard InChI is InChI=1S/C5H4N4/c1-2-6-5-4(1)9-8-3-7-5/h1-3H,(H,6,7,8). The zero-order chi connectivity index (χ0) is 6.10. The Balaban J connectivity index is 2.95. The number of nitrogens with one attached hydrogen (secondary N) is 1. The summed E-state index contributed by atoms with van der Waals surface area (Å²) in [4.78, 5) is 6.82. The summed E-state index contributed by atoms with van der Waals surface area (Å²) >= 11 is 0. The molecule has 0 unspecified atom stereocenters. The molecule has 0 amide bonds. The van der Waals surface area contributed by atoms with Crippen LogP contribution in [0.25, 0.3) is 11.2 Å². The quantitative estimate of drug-likeness (QED) is 0.545. The third-order valence-corrected chi connectivity index (χ3v) is 1.11. The molecule has 0 saturated carbocycles. The van der Waals surface area contributed by atoms with Gasteiger partial charge in [0.1, 0.15) is 11.8 Å². The van der Waals surface area contributed by atoms with Crippen molar-refractivity contribution in [2.24, 2.45) is 0 Å². The smallest absolute Gasteiger partial charge is 0.159 e. The van der Waals surface area contributed by atoms with Gasteiger partial charge in [0.05, 0.1) is 0 Å². The zero-order valence-corrected chi connectivity index (χ0v) is 4.57. The van der Waals surface area contributed by atoms with Gasteiger partial charge in [-0.3, -0.25) is 0 Å². The topological polar surface area (TPSA) is 54.5 Å². The number of hydrogen-bond acceptors (Lipinski definition) is 3. The van der Waals surface area contributed by atoms with Gasteiger partial charge in [-0.05, 0) is 6.07 Å². The van der Waals surface area contributed by atoms with Crippen LogP contribution in [0.4, 0.5) is 0 Å². The lowest BCUT2D eigenvalue weighted by Crippen LogP contribution is -1.82. The summed E-state index contributed by atoms with van der Waals surface area (Å²) in [5.41, 5.74) is 1.59. The van der Waals surface area contributed by atoms with Crippen LogP contribution in [0.5, 0.6) is 0 Å². The molecule has 2 aromatic heterocycles. The van der Waals surface area contributed by atoms with Gasteiger partial charge < -0.3 is 4.98 Å². The van der Waals surface area contributed by atoms with E-state index < -0.39 is 0 Å². The molecule has 44 valence electrons. The highest BCUT2D eigenvalue weighted by Gasteiger charge is 1.91. The van der Waals surface area contributed by atoms with E-state index in [1.807, 2.05) is 6.07 Å². The fraction of sp³-hybridized carbons (Fsp3) is 0. The molecule has 0 spiro atoms. The molecule has 2 rings (SSSR count). The van der Waals surface area contributed by atoms with Crippen molar-refractivity contribution in [3.05, 3.63) is 18.6 Å². The van der Waals surface area contributed by atoms with Gasteiger partial charge in [-0.1, -0.05) is 0 Å². The molecule has 0 aromatic carbocycles. The van der Waals surface area contributed by atoms with Gasteiger partial charge in [-0.2, -0.15) is 0 Å². The van der Waals surface area contributed by atoms with Crippen molar-refractivity contribution in [3.8, 4) is 0 Å².